The van der Waals surface area contributed by atoms with Crippen LogP contribution in [0.4, 0.5) is 10.1 Å². The van der Waals surface area contributed by atoms with E-state index in [1.807, 2.05) is 0 Å². The summed E-state index contributed by atoms with van der Waals surface area (Å²) in [4.78, 5) is 16.5. The molecule has 0 atom stereocenters. The summed E-state index contributed by atoms with van der Waals surface area (Å²) < 4.78 is 18.2. The van der Waals surface area contributed by atoms with Crippen LogP contribution in [0.15, 0.2) is 42.5 Å². The van der Waals surface area contributed by atoms with Gasteiger partial charge in [-0.3, -0.25) is 4.79 Å². The molecule has 0 saturated carbocycles. The van der Waals surface area contributed by atoms with Gasteiger partial charge in [0.05, 0.1) is 7.11 Å². The molecule has 24 heavy (non-hydrogen) atoms. The molecular weight excluding hydrogens is 311 g/mol. The van der Waals surface area contributed by atoms with Gasteiger partial charge in [-0.2, -0.15) is 0 Å². The Morgan fingerprint density at radius 3 is 2.38 bits per heavy atom. The van der Waals surface area contributed by atoms with E-state index in [0.29, 0.717) is 31.9 Å². The van der Waals surface area contributed by atoms with Crippen molar-refractivity contribution in [2.45, 2.75) is 0 Å². The first-order chi connectivity index (χ1) is 11.6. The minimum absolute atomic E-state index is 0.0830. The van der Waals surface area contributed by atoms with E-state index >= 15 is 0 Å². The Balaban J connectivity index is 1.71. The maximum Gasteiger partial charge on any atom is 0.261 e. The molecule has 0 radical (unpaired) electrons. The monoisotopic (exact) mass is 330 g/mol. The molecule has 5 nitrogen and oxygen atoms in total. The number of hydrogen-bond donors (Lipinski definition) is 1. The van der Waals surface area contributed by atoms with E-state index in [9.17, 15) is 14.3 Å². The topological polar surface area (TPSA) is 53.0 Å². The zero-order chi connectivity index (χ0) is 17.1. The summed E-state index contributed by atoms with van der Waals surface area (Å²) in [6.45, 7) is 2.34. The van der Waals surface area contributed by atoms with Crippen LogP contribution in [-0.2, 0) is 0 Å². The second-order valence-corrected chi connectivity index (χ2v) is 5.61. The Kier molecular flexibility index (Phi) is 4.55. The zero-order valence-electron chi connectivity index (χ0n) is 13.4. The number of rotatable bonds is 3. The summed E-state index contributed by atoms with van der Waals surface area (Å²) in [5.74, 6) is -0.232. The third kappa shape index (κ3) is 3.13. The second kappa shape index (κ2) is 6.78. The first-order valence-electron chi connectivity index (χ1n) is 7.76. The largest absolute Gasteiger partial charge is 0.507 e. The zero-order valence-corrected chi connectivity index (χ0v) is 13.4. The van der Waals surface area contributed by atoms with Gasteiger partial charge in [0, 0.05) is 31.9 Å². The van der Waals surface area contributed by atoms with E-state index in [4.69, 9.17) is 4.74 Å². The molecule has 3 rings (SSSR count). The number of phenols is 1. The standard InChI is InChI=1S/C18H19FN2O3/c1-24-16-4-2-3-15(22)17(16)18(23)21-11-9-20(10-12-21)14-7-5-13(19)6-8-14/h2-8,22H,9-12H2,1H3. The first kappa shape index (κ1) is 16.1. The molecular formula is C18H19FN2O3. The lowest BCUT2D eigenvalue weighted by atomic mass is 10.1. The van der Waals surface area contributed by atoms with Crippen molar-refractivity contribution in [2.75, 3.05) is 38.2 Å². The maximum absolute atomic E-state index is 13.0. The van der Waals surface area contributed by atoms with Crippen LogP contribution in [0.25, 0.3) is 0 Å². The molecule has 1 heterocycles. The lowest BCUT2D eigenvalue weighted by Gasteiger charge is -2.36. The molecule has 6 heteroatoms. The van der Waals surface area contributed by atoms with Crippen molar-refractivity contribution in [1.29, 1.82) is 0 Å². The fraction of sp³-hybridized carbons (Fsp3) is 0.278. The molecule has 0 spiro atoms. The molecule has 1 amide bonds. The molecule has 0 unspecified atom stereocenters. The van der Waals surface area contributed by atoms with E-state index in [-0.39, 0.29) is 23.0 Å². The number of amides is 1. The van der Waals surface area contributed by atoms with Crippen LogP contribution in [-0.4, -0.2) is 49.2 Å². The molecule has 2 aromatic rings. The number of carbonyl (C=O) groups excluding carboxylic acids is 1. The van der Waals surface area contributed by atoms with Crippen molar-refractivity contribution in [3.05, 3.63) is 53.8 Å². The summed E-state index contributed by atoms with van der Waals surface area (Å²) in [6, 6.07) is 11.1. The number of methoxy groups -OCH3 is 1. The van der Waals surface area contributed by atoms with Gasteiger partial charge in [-0.15, -0.1) is 0 Å². The molecule has 0 aromatic heterocycles. The maximum atomic E-state index is 13.0. The summed E-state index contributed by atoms with van der Waals surface area (Å²) in [5.41, 5.74) is 1.12. The lowest BCUT2D eigenvalue weighted by Crippen LogP contribution is -2.48. The summed E-state index contributed by atoms with van der Waals surface area (Å²) >= 11 is 0. The fourth-order valence-electron chi connectivity index (χ4n) is 2.88. The second-order valence-electron chi connectivity index (χ2n) is 5.61. The van der Waals surface area contributed by atoms with Gasteiger partial charge >= 0.3 is 0 Å². The van der Waals surface area contributed by atoms with Crippen molar-refractivity contribution in [1.82, 2.24) is 4.90 Å². The highest BCUT2D eigenvalue weighted by atomic mass is 19.1. The molecule has 1 saturated heterocycles. The number of halogens is 1. The predicted molar refractivity (Wildman–Crippen MR) is 89.2 cm³/mol. The van der Waals surface area contributed by atoms with Crippen LogP contribution >= 0.6 is 0 Å². The number of benzene rings is 2. The number of nitrogens with zero attached hydrogens (tertiary/aromatic N) is 2. The minimum atomic E-state index is -0.265. The Bertz CT molecular complexity index is 726. The lowest BCUT2D eigenvalue weighted by molar-refractivity contribution is 0.0740. The van der Waals surface area contributed by atoms with Gasteiger partial charge in [0.1, 0.15) is 22.9 Å². The quantitative estimate of drug-likeness (QED) is 0.939. The average molecular weight is 330 g/mol. The molecule has 1 fully saturated rings. The Hall–Kier alpha value is -2.76. The van der Waals surface area contributed by atoms with Crippen LogP contribution in [0.2, 0.25) is 0 Å². The number of anilines is 1. The SMILES string of the molecule is COc1cccc(O)c1C(=O)N1CCN(c2ccc(F)cc2)CC1. The van der Waals surface area contributed by atoms with Crippen molar-refractivity contribution >= 4 is 11.6 Å². The van der Waals surface area contributed by atoms with Crippen molar-refractivity contribution in [3.8, 4) is 11.5 Å². The van der Waals surface area contributed by atoms with E-state index in [1.165, 1.54) is 25.3 Å². The highest BCUT2D eigenvalue weighted by Crippen LogP contribution is 2.29. The predicted octanol–water partition coefficient (Wildman–Crippen LogP) is 2.50. The smallest absolute Gasteiger partial charge is 0.261 e. The first-order valence-corrected chi connectivity index (χ1v) is 7.76. The van der Waals surface area contributed by atoms with E-state index in [0.717, 1.165) is 5.69 Å². The number of phenolic OH excluding ortho intramolecular Hbond substituents is 1. The molecule has 1 aliphatic heterocycles. The Labute approximate surface area is 139 Å². The average Bonchev–Trinajstić information content (AvgIpc) is 2.61. The molecule has 1 aliphatic rings. The molecule has 2 aromatic carbocycles. The van der Waals surface area contributed by atoms with E-state index < -0.39 is 0 Å². The summed E-state index contributed by atoms with van der Waals surface area (Å²) in [6.07, 6.45) is 0. The number of piperazine rings is 1. The van der Waals surface area contributed by atoms with Crippen LogP contribution < -0.4 is 9.64 Å². The summed E-state index contributed by atoms with van der Waals surface area (Å²) in [5, 5.41) is 10.0. The van der Waals surface area contributed by atoms with E-state index in [1.54, 1.807) is 29.2 Å². The minimum Gasteiger partial charge on any atom is -0.507 e. The number of aromatic hydroxyl groups is 1. The van der Waals surface area contributed by atoms with Crippen LogP contribution in [0, 0.1) is 5.82 Å². The normalized spacial score (nSPS) is 14.6. The third-order valence-electron chi connectivity index (χ3n) is 4.20. The highest BCUT2D eigenvalue weighted by molar-refractivity contribution is 5.99. The third-order valence-corrected chi connectivity index (χ3v) is 4.20. The van der Waals surface area contributed by atoms with Gasteiger partial charge < -0.3 is 19.6 Å². The van der Waals surface area contributed by atoms with Gasteiger partial charge in [0.2, 0.25) is 0 Å². The van der Waals surface area contributed by atoms with Crippen LogP contribution in [0.5, 0.6) is 11.5 Å². The van der Waals surface area contributed by atoms with Gasteiger partial charge in [-0.25, -0.2) is 4.39 Å². The van der Waals surface area contributed by atoms with Crippen molar-refractivity contribution in [2.24, 2.45) is 0 Å². The Morgan fingerprint density at radius 1 is 1.08 bits per heavy atom. The van der Waals surface area contributed by atoms with Gasteiger partial charge in [-0.05, 0) is 36.4 Å². The highest BCUT2D eigenvalue weighted by Gasteiger charge is 2.26. The number of ether oxygens (including phenoxy) is 1. The Morgan fingerprint density at radius 2 is 1.75 bits per heavy atom. The van der Waals surface area contributed by atoms with E-state index in [2.05, 4.69) is 4.90 Å². The number of hydrogen-bond acceptors (Lipinski definition) is 4. The van der Waals surface area contributed by atoms with Crippen molar-refractivity contribution in [3.63, 3.8) is 0 Å². The van der Waals surface area contributed by atoms with Gasteiger partial charge in [-0.1, -0.05) is 6.07 Å². The molecule has 0 bridgehead atoms. The summed E-state index contributed by atoms with van der Waals surface area (Å²) in [7, 11) is 1.47. The van der Waals surface area contributed by atoms with Crippen LogP contribution in [0.3, 0.4) is 0 Å². The van der Waals surface area contributed by atoms with Gasteiger partial charge in [0.15, 0.2) is 0 Å². The molecule has 1 N–H and O–H groups in total. The van der Waals surface area contributed by atoms with Crippen molar-refractivity contribution < 1.29 is 19.0 Å². The van der Waals surface area contributed by atoms with Gasteiger partial charge in [0.25, 0.3) is 5.91 Å². The van der Waals surface area contributed by atoms with Crippen LogP contribution in [0.1, 0.15) is 10.4 Å². The molecule has 0 aliphatic carbocycles. The fourth-order valence-corrected chi connectivity index (χ4v) is 2.88. The molecule has 126 valence electrons. The number of carbonyl (C=O) groups is 1.